The van der Waals surface area contributed by atoms with Gasteiger partial charge in [0.1, 0.15) is 11.8 Å². The van der Waals surface area contributed by atoms with Crippen molar-refractivity contribution in [2.24, 2.45) is 5.92 Å². The Kier molecular flexibility index (Phi) is 5.68. The van der Waals surface area contributed by atoms with Crippen molar-refractivity contribution < 1.29 is 14.1 Å². The van der Waals surface area contributed by atoms with Crippen molar-refractivity contribution in [3.63, 3.8) is 0 Å². The van der Waals surface area contributed by atoms with Crippen LogP contribution in [0.4, 0.5) is 0 Å². The van der Waals surface area contributed by atoms with Gasteiger partial charge in [0, 0.05) is 5.56 Å². The molecule has 0 spiro atoms. The molecule has 0 aliphatic heterocycles. The van der Waals surface area contributed by atoms with E-state index < -0.39 is 0 Å². The molecule has 26 heavy (non-hydrogen) atoms. The second-order valence-corrected chi connectivity index (χ2v) is 6.95. The molecule has 0 fully saturated rings. The van der Waals surface area contributed by atoms with Gasteiger partial charge in [0.05, 0.1) is 12.0 Å². The lowest BCUT2D eigenvalue weighted by molar-refractivity contribution is 0.0914. The van der Waals surface area contributed by atoms with Crippen LogP contribution in [0.15, 0.2) is 46.3 Å². The summed E-state index contributed by atoms with van der Waals surface area (Å²) in [6, 6.07) is 10.8. The van der Waals surface area contributed by atoms with E-state index in [4.69, 9.17) is 9.26 Å². The van der Waals surface area contributed by atoms with Gasteiger partial charge in [0.15, 0.2) is 0 Å². The summed E-state index contributed by atoms with van der Waals surface area (Å²) >= 11 is 1.40. The molecule has 0 saturated carbocycles. The fourth-order valence-corrected chi connectivity index (χ4v) is 3.17. The van der Waals surface area contributed by atoms with Crippen molar-refractivity contribution in [1.29, 1.82) is 0 Å². The van der Waals surface area contributed by atoms with Crippen molar-refractivity contribution in [3.8, 4) is 17.1 Å². The number of nitrogens with zero attached hydrogens (tertiary/aromatic N) is 2. The van der Waals surface area contributed by atoms with Crippen molar-refractivity contribution in [3.05, 3.63) is 52.5 Å². The Morgan fingerprint density at radius 2 is 2.19 bits per heavy atom. The van der Waals surface area contributed by atoms with E-state index in [-0.39, 0.29) is 17.9 Å². The normalized spacial score (nSPS) is 13.2. The molecular weight excluding hydrogens is 350 g/mol. The van der Waals surface area contributed by atoms with E-state index in [1.165, 1.54) is 11.3 Å². The summed E-state index contributed by atoms with van der Waals surface area (Å²) in [5.41, 5.74) is 0.798. The molecule has 6 nitrogen and oxygen atoms in total. The Hall–Kier alpha value is -2.67. The molecule has 3 aromatic rings. The predicted molar refractivity (Wildman–Crippen MR) is 100 cm³/mol. The number of hydrogen-bond acceptors (Lipinski definition) is 6. The average Bonchev–Trinajstić information content (AvgIpc) is 3.37. The summed E-state index contributed by atoms with van der Waals surface area (Å²) < 4.78 is 10.7. The van der Waals surface area contributed by atoms with E-state index >= 15 is 0 Å². The monoisotopic (exact) mass is 371 g/mol. The summed E-state index contributed by atoms with van der Waals surface area (Å²) in [5.74, 6) is 1.61. The van der Waals surface area contributed by atoms with Crippen LogP contribution in [0.1, 0.15) is 41.9 Å². The molecule has 136 valence electrons. The van der Waals surface area contributed by atoms with Crippen LogP contribution >= 0.6 is 11.3 Å². The van der Waals surface area contributed by atoms with Gasteiger partial charge in [-0.2, -0.15) is 4.98 Å². The fourth-order valence-electron chi connectivity index (χ4n) is 2.54. The van der Waals surface area contributed by atoms with E-state index in [0.717, 1.165) is 17.7 Å². The number of carbonyl (C=O) groups excluding carboxylic acids is 1. The van der Waals surface area contributed by atoms with Crippen molar-refractivity contribution in [1.82, 2.24) is 15.5 Å². The third-order valence-corrected chi connectivity index (χ3v) is 5.15. The van der Waals surface area contributed by atoms with Gasteiger partial charge in [-0.1, -0.05) is 43.6 Å². The van der Waals surface area contributed by atoms with Crippen LogP contribution in [0.3, 0.4) is 0 Å². The van der Waals surface area contributed by atoms with Crippen molar-refractivity contribution in [2.45, 2.75) is 26.3 Å². The Labute approximate surface area is 156 Å². The molecule has 0 saturated heterocycles. The first-order valence-electron chi connectivity index (χ1n) is 8.44. The van der Waals surface area contributed by atoms with Gasteiger partial charge >= 0.3 is 0 Å². The molecule has 2 aromatic heterocycles. The first-order valence-corrected chi connectivity index (χ1v) is 9.32. The minimum atomic E-state index is -0.346. The number of carbonyl (C=O) groups is 1. The fraction of sp³-hybridized carbons (Fsp3) is 0.316. The van der Waals surface area contributed by atoms with Crippen LogP contribution < -0.4 is 10.1 Å². The van der Waals surface area contributed by atoms with Crippen molar-refractivity contribution in [2.75, 3.05) is 7.11 Å². The van der Waals surface area contributed by atoms with Crippen LogP contribution in [-0.2, 0) is 0 Å². The molecule has 7 heteroatoms. The standard InChI is InChI=1S/C19H21N3O3S/c1-4-12(2)16(20-18(23)15-9-6-10-26-15)19-21-17(22-25-19)13-7-5-8-14(11-13)24-3/h5-12,16H,4H2,1-3H3,(H,20,23). The highest BCUT2D eigenvalue weighted by Gasteiger charge is 2.27. The van der Waals surface area contributed by atoms with E-state index in [0.29, 0.717) is 16.6 Å². The lowest BCUT2D eigenvalue weighted by Gasteiger charge is -2.20. The van der Waals surface area contributed by atoms with Crippen LogP contribution in [0.5, 0.6) is 5.75 Å². The second kappa shape index (κ2) is 8.14. The number of amides is 1. The highest BCUT2D eigenvalue weighted by Crippen LogP contribution is 2.27. The first kappa shape index (κ1) is 18.1. The molecule has 0 aliphatic carbocycles. The lowest BCUT2D eigenvalue weighted by Crippen LogP contribution is -2.32. The van der Waals surface area contributed by atoms with E-state index in [1.807, 2.05) is 35.7 Å². The van der Waals surface area contributed by atoms with Gasteiger partial charge in [-0.3, -0.25) is 4.79 Å². The SMILES string of the molecule is CCC(C)C(NC(=O)c1cccs1)c1nc(-c2cccc(OC)c2)no1. The van der Waals surface area contributed by atoms with Crippen LogP contribution in [0, 0.1) is 5.92 Å². The predicted octanol–water partition coefficient (Wildman–Crippen LogP) is 4.32. The minimum Gasteiger partial charge on any atom is -0.497 e. The Balaban J connectivity index is 1.85. The maximum absolute atomic E-state index is 12.5. The third kappa shape index (κ3) is 3.94. The maximum Gasteiger partial charge on any atom is 0.262 e. The Bertz CT molecular complexity index is 861. The van der Waals surface area contributed by atoms with Gasteiger partial charge < -0.3 is 14.6 Å². The van der Waals surface area contributed by atoms with Gasteiger partial charge in [-0.15, -0.1) is 11.3 Å². The number of thiophene rings is 1. The van der Waals surface area contributed by atoms with Crippen LogP contribution in [0.25, 0.3) is 11.4 Å². The van der Waals surface area contributed by atoms with Gasteiger partial charge in [-0.05, 0) is 29.5 Å². The summed E-state index contributed by atoms with van der Waals surface area (Å²) in [5, 5.41) is 8.98. The van der Waals surface area contributed by atoms with Gasteiger partial charge in [0.2, 0.25) is 11.7 Å². The Morgan fingerprint density at radius 3 is 2.88 bits per heavy atom. The number of hydrogen-bond donors (Lipinski definition) is 1. The average molecular weight is 371 g/mol. The smallest absolute Gasteiger partial charge is 0.262 e. The lowest BCUT2D eigenvalue weighted by atomic mass is 9.99. The van der Waals surface area contributed by atoms with E-state index in [1.54, 1.807) is 13.2 Å². The highest BCUT2D eigenvalue weighted by molar-refractivity contribution is 7.12. The quantitative estimate of drug-likeness (QED) is 0.669. The topological polar surface area (TPSA) is 77.2 Å². The minimum absolute atomic E-state index is 0.133. The number of benzene rings is 1. The molecule has 0 bridgehead atoms. The van der Waals surface area contributed by atoms with E-state index in [2.05, 4.69) is 29.3 Å². The third-order valence-electron chi connectivity index (χ3n) is 4.28. The van der Waals surface area contributed by atoms with E-state index in [9.17, 15) is 4.79 Å². The highest BCUT2D eigenvalue weighted by atomic mass is 32.1. The van der Waals surface area contributed by atoms with Crippen LogP contribution in [0.2, 0.25) is 0 Å². The Morgan fingerprint density at radius 1 is 1.35 bits per heavy atom. The van der Waals surface area contributed by atoms with Gasteiger partial charge in [0.25, 0.3) is 5.91 Å². The largest absolute Gasteiger partial charge is 0.497 e. The molecule has 1 aromatic carbocycles. The zero-order valence-corrected chi connectivity index (χ0v) is 15.7. The second-order valence-electron chi connectivity index (χ2n) is 6.00. The molecule has 2 atom stereocenters. The molecule has 0 aliphatic rings. The number of methoxy groups -OCH3 is 1. The molecule has 0 radical (unpaired) electrons. The summed E-state index contributed by atoms with van der Waals surface area (Å²) in [6.07, 6.45) is 0.867. The molecular formula is C19H21N3O3S. The first-order chi connectivity index (χ1) is 12.6. The summed E-state index contributed by atoms with van der Waals surface area (Å²) in [6.45, 7) is 4.11. The number of rotatable bonds is 7. The van der Waals surface area contributed by atoms with Gasteiger partial charge in [-0.25, -0.2) is 0 Å². The van der Waals surface area contributed by atoms with Crippen molar-refractivity contribution >= 4 is 17.2 Å². The zero-order chi connectivity index (χ0) is 18.5. The molecule has 2 heterocycles. The summed E-state index contributed by atoms with van der Waals surface area (Å²) in [7, 11) is 1.61. The zero-order valence-electron chi connectivity index (χ0n) is 14.9. The number of ether oxygens (including phenoxy) is 1. The molecule has 3 rings (SSSR count). The maximum atomic E-state index is 12.5. The number of aromatic nitrogens is 2. The van der Waals surface area contributed by atoms with Crippen LogP contribution in [-0.4, -0.2) is 23.2 Å². The molecule has 1 N–H and O–H groups in total. The molecule has 1 amide bonds. The molecule has 2 unspecified atom stereocenters. The number of nitrogens with one attached hydrogen (secondary N) is 1. The summed E-state index contributed by atoms with van der Waals surface area (Å²) in [4.78, 5) is 17.6.